The lowest BCUT2D eigenvalue weighted by Crippen LogP contribution is -2.38. The third-order valence-corrected chi connectivity index (χ3v) is 2.22. The Hall–Kier alpha value is -1.06. The number of amides is 2. The van der Waals surface area contributed by atoms with Gasteiger partial charge in [0, 0.05) is 33.0 Å². The second-order valence-electron chi connectivity index (χ2n) is 3.13. The first-order valence-electron chi connectivity index (χ1n) is 4.11. The van der Waals surface area contributed by atoms with Gasteiger partial charge >= 0.3 is 0 Å². The molecule has 1 atom stereocenters. The van der Waals surface area contributed by atoms with E-state index in [0.717, 1.165) is 6.42 Å². The van der Waals surface area contributed by atoms with Crippen molar-refractivity contribution in [1.29, 1.82) is 0 Å². The quantitative estimate of drug-likeness (QED) is 0.621. The molecule has 1 N–H and O–H groups in total. The zero-order valence-electron chi connectivity index (χ0n) is 7.46. The molecule has 1 fully saturated rings. The summed E-state index contributed by atoms with van der Waals surface area (Å²) in [6.07, 6.45) is 1.47. The molecule has 0 saturated carbocycles. The standard InChI is InChI=1S/C8H14N2O2/c1-6(11)9-5-7-3-4-8(12)10(7)2/h7H,3-5H2,1-2H3,(H,9,11). The molecule has 2 amide bonds. The zero-order chi connectivity index (χ0) is 9.14. The summed E-state index contributed by atoms with van der Waals surface area (Å²) >= 11 is 0. The van der Waals surface area contributed by atoms with Gasteiger partial charge in [0.2, 0.25) is 11.8 Å². The van der Waals surface area contributed by atoms with Crippen LogP contribution in [0.1, 0.15) is 19.8 Å². The predicted molar refractivity (Wildman–Crippen MR) is 44.5 cm³/mol. The van der Waals surface area contributed by atoms with Crippen molar-refractivity contribution in [2.24, 2.45) is 0 Å². The Labute approximate surface area is 71.9 Å². The number of hydrogen-bond donors (Lipinski definition) is 1. The largest absolute Gasteiger partial charge is 0.354 e. The van der Waals surface area contributed by atoms with Crippen LogP contribution in [0.5, 0.6) is 0 Å². The monoisotopic (exact) mass is 170 g/mol. The molecule has 0 aromatic heterocycles. The summed E-state index contributed by atoms with van der Waals surface area (Å²) in [5.41, 5.74) is 0. The van der Waals surface area contributed by atoms with Gasteiger partial charge in [-0.3, -0.25) is 9.59 Å². The molecule has 1 saturated heterocycles. The molecule has 1 heterocycles. The normalized spacial score (nSPS) is 23.0. The fourth-order valence-electron chi connectivity index (χ4n) is 1.36. The highest BCUT2D eigenvalue weighted by atomic mass is 16.2. The molecule has 4 nitrogen and oxygen atoms in total. The number of likely N-dealkylation sites (N-methyl/N-ethyl adjacent to an activating group) is 1. The van der Waals surface area contributed by atoms with Crippen LogP contribution in [0.3, 0.4) is 0 Å². The molecular weight excluding hydrogens is 156 g/mol. The van der Waals surface area contributed by atoms with Gasteiger partial charge in [-0.1, -0.05) is 0 Å². The number of carbonyl (C=O) groups excluding carboxylic acids is 2. The fraction of sp³-hybridized carbons (Fsp3) is 0.750. The van der Waals surface area contributed by atoms with Gasteiger partial charge in [-0.25, -0.2) is 0 Å². The smallest absolute Gasteiger partial charge is 0.222 e. The van der Waals surface area contributed by atoms with E-state index in [1.165, 1.54) is 6.92 Å². The number of carbonyl (C=O) groups is 2. The van der Waals surface area contributed by atoms with Crippen molar-refractivity contribution in [3.05, 3.63) is 0 Å². The van der Waals surface area contributed by atoms with Gasteiger partial charge in [-0.05, 0) is 6.42 Å². The van der Waals surface area contributed by atoms with Gasteiger partial charge in [0.05, 0.1) is 0 Å². The molecule has 1 aliphatic heterocycles. The Bertz CT molecular complexity index is 203. The molecule has 4 heteroatoms. The van der Waals surface area contributed by atoms with Crippen molar-refractivity contribution in [3.8, 4) is 0 Å². The summed E-state index contributed by atoms with van der Waals surface area (Å²) in [4.78, 5) is 23.3. The molecule has 1 aliphatic rings. The van der Waals surface area contributed by atoms with E-state index in [-0.39, 0.29) is 17.9 Å². The van der Waals surface area contributed by atoms with E-state index in [1.807, 2.05) is 0 Å². The maximum Gasteiger partial charge on any atom is 0.222 e. The summed E-state index contributed by atoms with van der Waals surface area (Å²) in [5, 5.41) is 2.71. The Morgan fingerprint density at radius 1 is 1.75 bits per heavy atom. The van der Waals surface area contributed by atoms with Gasteiger partial charge < -0.3 is 10.2 Å². The van der Waals surface area contributed by atoms with Crippen LogP contribution in [0.15, 0.2) is 0 Å². The predicted octanol–water partition coefficient (Wildman–Crippen LogP) is -0.257. The molecule has 0 aromatic carbocycles. The molecule has 12 heavy (non-hydrogen) atoms. The van der Waals surface area contributed by atoms with Crippen molar-refractivity contribution >= 4 is 11.8 Å². The van der Waals surface area contributed by atoms with Crippen LogP contribution in [0, 0.1) is 0 Å². The van der Waals surface area contributed by atoms with E-state index in [1.54, 1.807) is 11.9 Å². The van der Waals surface area contributed by atoms with Gasteiger partial charge in [-0.15, -0.1) is 0 Å². The SMILES string of the molecule is CC(=O)NCC1CCC(=O)N1C. The summed E-state index contributed by atoms with van der Waals surface area (Å²) in [5.74, 6) is 0.133. The van der Waals surface area contributed by atoms with Crippen LogP contribution in [0.25, 0.3) is 0 Å². The van der Waals surface area contributed by atoms with Crippen molar-refractivity contribution in [1.82, 2.24) is 10.2 Å². The number of likely N-dealkylation sites (tertiary alicyclic amines) is 1. The number of rotatable bonds is 2. The van der Waals surface area contributed by atoms with Crippen molar-refractivity contribution in [2.45, 2.75) is 25.8 Å². The first-order valence-corrected chi connectivity index (χ1v) is 4.11. The Morgan fingerprint density at radius 2 is 2.42 bits per heavy atom. The number of hydrogen-bond acceptors (Lipinski definition) is 2. The second-order valence-corrected chi connectivity index (χ2v) is 3.13. The van der Waals surface area contributed by atoms with E-state index in [2.05, 4.69) is 5.32 Å². The highest BCUT2D eigenvalue weighted by Gasteiger charge is 2.27. The maximum atomic E-state index is 11.0. The minimum Gasteiger partial charge on any atom is -0.354 e. The highest BCUT2D eigenvalue weighted by molar-refractivity contribution is 5.78. The fourth-order valence-corrected chi connectivity index (χ4v) is 1.36. The first-order chi connectivity index (χ1) is 5.61. The second kappa shape index (κ2) is 3.56. The Kier molecular flexibility index (Phi) is 2.68. The molecule has 0 spiro atoms. The van der Waals surface area contributed by atoms with E-state index >= 15 is 0 Å². The average molecular weight is 170 g/mol. The van der Waals surface area contributed by atoms with Crippen LogP contribution in [0.4, 0.5) is 0 Å². The third-order valence-electron chi connectivity index (χ3n) is 2.22. The molecule has 1 rings (SSSR count). The third kappa shape index (κ3) is 1.96. The van der Waals surface area contributed by atoms with Crippen molar-refractivity contribution < 1.29 is 9.59 Å². The Balaban J connectivity index is 2.34. The van der Waals surface area contributed by atoms with Crippen LogP contribution in [-0.2, 0) is 9.59 Å². The van der Waals surface area contributed by atoms with Crippen molar-refractivity contribution in [2.75, 3.05) is 13.6 Å². The minimum atomic E-state index is -0.0391. The summed E-state index contributed by atoms with van der Waals surface area (Å²) < 4.78 is 0. The van der Waals surface area contributed by atoms with Gasteiger partial charge in [0.15, 0.2) is 0 Å². The topological polar surface area (TPSA) is 49.4 Å². The molecule has 0 bridgehead atoms. The lowest BCUT2D eigenvalue weighted by molar-refractivity contribution is -0.128. The average Bonchev–Trinajstić information content (AvgIpc) is 2.30. The van der Waals surface area contributed by atoms with Crippen molar-refractivity contribution in [3.63, 3.8) is 0 Å². The van der Waals surface area contributed by atoms with Crippen LogP contribution >= 0.6 is 0 Å². The Morgan fingerprint density at radius 3 is 2.83 bits per heavy atom. The lowest BCUT2D eigenvalue weighted by Gasteiger charge is -2.19. The van der Waals surface area contributed by atoms with Crippen LogP contribution in [-0.4, -0.2) is 36.3 Å². The first kappa shape index (κ1) is 9.03. The molecule has 0 radical (unpaired) electrons. The molecule has 68 valence electrons. The van der Waals surface area contributed by atoms with Crippen LogP contribution in [0.2, 0.25) is 0 Å². The van der Waals surface area contributed by atoms with E-state index in [0.29, 0.717) is 13.0 Å². The summed E-state index contributed by atoms with van der Waals surface area (Å²) in [6.45, 7) is 2.06. The minimum absolute atomic E-state index is 0.0391. The van der Waals surface area contributed by atoms with Gasteiger partial charge in [-0.2, -0.15) is 0 Å². The molecule has 1 unspecified atom stereocenters. The van der Waals surface area contributed by atoms with Crippen LogP contribution < -0.4 is 5.32 Å². The van der Waals surface area contributed by atoms with Gasteiger partial charge in [0.1, 0.15) is 0 Å². The number of nitrogens with zero attached hydrogens (tertiary/aromatic N) is 1. The number of nitrogens with one attached hydrogen (secondary N) is 1. The van der Waals surface area contributed by atoms with E-state index in [4.69, 9.17) is 0 Å². The maximum absolute atomic E-state index is 11.0. The zero-order valence-corrected chi connectivity index (χ0v) is 7.46. The van der Waals surface area contributed by atoms with Gasteiger partial charge in [0.25, 0.3) is 0 Å². The molecule has 0 aromatic rings. The highest BCUT2D eigenvalue weighted by Crippen LogP contribution is 2.15. The van der Waals surface area contributed by atoms with E-state index in [9.17, 15) is 9.59 Å². The summed E-state index contributed by atoms with van der Waals surface area (Å²) in [6, 6.07) is 0.196. The molecular formula is C8H14N2O2. The van der Waals surface area contributed by atoms with E-state index < -0.39 is 0 Å². The molecule has 0 aliphatic carbocycles. The lowest BCUT2D eigenvalue weighted by atomic mass is 10.2. The summed E-state index contributed by atoms with van der Waals surface area (Å²) in [7, 11) is 1.78.